The van der Waals surface area contributed by atoms with Crippen LogP contribution in [0.2, 0.25) is 5.02 Å². The number of benzene rings is 2. The number of amides is 2. The first-order valence-corrected chi connectivity index (χ1v) is 11.4. The summed E-state index contributed by atoms with van der Waals surface area (Å²) in [5, 5.41) is 2.90. The lowest BCUT2D eigenvalue weighted by Gasteiger charge is -2.12. The molecule has 10 nitrogen and oxygen atoms in total. The van der Waals surface area contributed by atoms with Crippen molar-refractivity contribution in [2.75, 3.05) is 18.5 Å². The number of primary amides is 1. The number of anilines is 1. The molecule has 37 heavy (non-hydrogen) atoms. The molecule has 0 radical (unpaired) electrons. The van der Waals surface area contributed by atoms with Gasteiger partial charge in [0.05, 0.1) is 17.0 Å². The fourth-order valence-electron chi connectivity index (χ4n) is 3.70. The monoisotopic (exact) mass is 524 g/mol. The van der Waals surface area contributed by atoms with Crippen molar-refractivity contribution in [3.63, 3.8) is 0 Å². The van der Waals surface area contributed by atoms with E-state index in [9.17, 15) is 19.2 Å². The molecule has 4 rings (SSSR count). The average molecular weight is 525 g/mol. The van der Waals surface area contributed by atoms with E-state index in [2.05, 4.69) is 5.32 Å². The predicted molar refractivity (Wildman–Crippen MR) is 135 cm³/mol. The Morgan fingerprint density at radius 2 is 1.73 bits per heavy atom. The first-order chi connectivity index (χ1) is 17.7. The Morgan fingerprint density at radius 3 is 2.43 bits per heavy atom. The summed E-state index contributed by atoms with van der Waals surface area (Å²) in [6, 6.07) is 13.2. The highest BCUT2D eigenvalue weighted by Gasteiger charge is 2.29. The number of esters is 1. The van der Waals surface area contributed by atoms with Crippen molar-refractivity contribution in [3.8, 4) is 17.1 Å². The van der Waals surface area contributed by atoms with Crippen molar-refractivity contribution < 1.29 is 32.7 Å². The molecular formula is C26H21ClN2O8. The number of fused-ring (bicyclic) bond motifs is 1. The molecular weight excluding hydrogens is 504 g/mol. The van der Waals surface area contributed by atoms with Crippen molar-refractivity contribution in [1.82, 2.24) is 0 Å². The first kappa shape index (κ1) is 25.5. The van der Waals surface area contributed by atoms with Gasteiger partial charge in [0, 0.05) is 5.56 Å². The standard InChI is InChI=1S/C26H21ClN2O8/c1-3-34-26(33)19-13(2)36-25(20(19)24(28)32)29-18(30)12-35-23-21(31)15-9-5-7-11-17(15)37-22(23)14-8-4-6-10-16(14)27/h4-11H,3,12H2,1-2H3,(H2,28,32)(H,29,30). The predicted octanol–water partition coefficient (Wildman–Crippen LogP) is 4.31. The number of para-hydroxylation sites is 1. The van der Waals surface area contributed by atoms with Crippen molar-refractivity contribution in [3.05, 3.63) is 80.7 Å². The summed E-state index contributed by atoms with van der Waals surface area (Å²) in [6.45, 7) is 2.39. The molecule has 0 bridgehead atoms. The van der Waals surface area contributed by atoms with Gasteiger partial charge in [0.25, 0.3) is 11.8 Å². The van der Waals surface area contributed by atoms with Crippen LogP contribution in [-0.2, 0) is 9.53 Å². The number of hydrogen-bond donors (Lipinski definition) is 2. The van der Waals surface area contributed by atoms with Gasteiger partial charge < -0.3 is 24.0 Å². The second-order valence-electron chi connectivity index (χ2n) is 7.72. The quantitative estimate of drug-likeness (QED) is 0.323. The number of aryl methyl sites for hydroxylation is 1. The Bertz CT molecular complexity index is 1590. The number of rotatable bonds is 8. The minimum absolute atomic E-state index is 0.0275. The van der Waals surface area contributed by atoms with Crippen molar-refractivity contribution in [2.24, 2.45) is 5.73 Å². The van der Waals surface area contributed by atoms with Gasteiger partial charge in [-0.3, -0.25) is 19.7 Å². The molecule has 4 aromatic rings. The van der Waals surface area contributed by atoms with Gasteiger partial charge in [-0.1, -0.05) is 35.9 Å². The van der Waals surface area contributed by atoms with E-state index in [1.54, 1.807) is 55.5 Å². The lowest BCUT2D eigenvalue weighted by atomic mass is 10.1. The van der Waals surface area contributed by atoms with Gasteiger partial charge in [-0.05, 0) is 38.1 Å². The summed E-state index contributed by atoms with van der Waals surface area (Å²) in [5.74, 6) is -3.15. The number of carbonyl (C=O) groups is 3. The fraction of sp³-hybridized carbons (Fsp3) is 0.154. The molecule has 190 valence electrons. The molecule has 0 saturated heterocycles. The molecule has 0 unspecified atom stereocenters. The normalized spacial score (nSPS) is 10.8. The summed E-state index contributed by atoms with van der Waals surface area (Å²) in [6.07, 6.45) is 0. The molecule has 0 fully saturated rings. The first-order valence-electron chi connectivity index (χ1n) is 11.1. The van der Waals surface area contributed by atoms with Gasteiger partial charge in [-0.25, -0.2) is 4.79 Å². The molecule has 11 heteroatoms. The molecule has 0 spiro atoms. The lowest BCUT2D eigenvalue weighted by molar-refractivity contribution is -0.118. The van der Waals surface area contributed by atoms with Gasteiger partial charge >= 0.3 is 5.97 Å². The van der Waals surface area contributed by atoms with Crippen LogP contribution in [0.4, 0.5) is 5.88 Å². The summed E-state index contributed by atoms with van der Waals surface area (Å²) >= 11 is 6.33. The number of ether oxygens (including phenoxy) is 2. The van der Waals surface area contributed by atoms with Crippen LogP contribution in [0, 0.1) is 6.92 Å². The van der Waals surface area contributed by atoms with E-state index in [0.29, 0.717) is 16.2 Å². The van der Waals surface area contributed by atoms with Crippen molar-refractivity contribution in [1.29, 1.82) is 0 Å². The third-order valence-corrected chi connectivity index (χ3v) is 5.62. The van der Waals surface area contributed by atoms with Gasteiger partial charge in [-0.2, -0.15) is 0 Å². The minimum atomic E-state index is -1.01. The van der Waals surface area contributed by atoms with Crippen LogP contribution in [0.25, 0.3) is 22.3 Å². The minimum Gasteiger partial charge on any atom is -0.476 e. The van der Waals surface area contributed by atoms with Crippen LogP contribution in [0.1, 0.15) is 33.4 Å². The van der Waals surface area contributed by atoms with Crippen LogP contribution < -0.4 is 21.2 Å². The highest BCUT2D eigenvalue weighted by atomic mass is 35.5. The van der Waals surface area contributed by atoms with E-state index >= 15 is 0 Å². The molecule has 2 aromatic heterocycles. The van der Waals surface area contributed by atoms with Crippen LogP contribution in [0.3, 0.4) is 0 Å². The number of halogens is 1. The molecule has 2 aromatic carbocycles. The molecule has 2 heterocycles. The van der Waals surface area contributed by atoms with E-state index in [4.69, 9.17) is 35.6 Å². The summed E-state index contributed by atoms with van der Waals surface area (Å²) in [7, 11) is 0. The maximum absolute atomic E-state index is 13.2. The fourth-order valence-corrected chi connectivity index (χ4v) is 3.92. The highest BCUT2D eigenvalue weighted by molar-refractivity contribution is 6.33. The molecule has 2 amide bonds. The highest BCUT2D eigenvalue weighted by Crippen LogP contribution is 2.35. The van der Waals surface area contributed by atoms with Crippen molar-refractivity contribution >= 4 is 46.2 Å². The second kappa shape index (κ2) is 10.6. The van der Waals surface area contributed by atoms with E-state index < -0.39 is 29.8 Å². The molecule has 0 saturated carbocycles. The summed E-state index contributed by atoms with van der Waals surface area (Å²) in [5.41, 5.74) is 5.07. The third-order valence-electron chi connectivity index (χ3n) is 5.29. The smallest absolute Gasteiger partial charge is 0.342 e. The zero-order valence-electron chi connectivity index (χ0n) is 19.8. The van der Waals surface area contributed by atoms with Gasteiger partial charge in [0.2, 0.25) is 17.1 Å². The zero-order chi connectivity index (χ0) is 26.7. The number of carbonyl (C=O) groups excluding carboxylic acids is 3. The largest absolute Gasteiger partial charge is 0.476 e. The van der Waals surface area contributed by atoms with Crippen LogP contribution in [0.5, 0.6) is 5.75 Å². The molecule has 0 aliphatic heterocycles. The van der Waals surface area contributed by atoms with Crippen LogP contribution in [0.15, 0.2) is 62.2 Å². The Hall–Kier alpha value is -4.57. The lowest BCUT2D eigenvalue weighted by Crippen LogP contribution is -2.24. The second-order valence-corrected chi connectivity index (χ2v) is 8.13. The Balaban J connectivity index is 1.66. The van der Waals surface area contributed by atoms with Gasteiger partial charge in [-0.15, -0.1) is 0 Å². The zero-order valence-corrected chi connectivity index (χ0v) is 20.5. The van der Waals surface area contributed by atoms with E-state index in [0.717, 1.165) is 0 Å². The topological polar surface area (TPSA) is 151 Å². The van der Waals surface area contributed by atoms with E-state index in [-0.39, 0.29) is 46.3 Å². The summed E-state index contributed by atoms with van der Waals surface area (Å²) < 4.78 is 21.9. The molecule has 0 atom stereocenters. The maximum Gasteiger partial charge on any atom is 0.342 e. The van der Waals surface area contributed by atoms with Crippen LogP contribution >= 0.6 is 11.6 Å². The van der Waals surface area contributed by atoms with Gasteiger partial charge in [0.1, 0.15) is 22.5 Å². The number of hydrogen-bond acceptors (Lipinski definition) is 8. The Kier molecular flexibility index (Phi) is 7.30. The third kappa shape index (κ3) is 5.05. The molecule has 0 aliphatic rings. The number of nitrogens with two attached hydrogens (primary N) is 1. The van der Waals surface area contributed by atoms with E-state index in [1.165, 1.54) is 6.92 Å². The number of furan rings is 1. The SMILES string of the molecule is CCOC(=O)c1c(C)oc(NC(=O)COc2c(-c3ccccc3Cl)oc3ccccc3c2=O)c1C(N)=O. The Morgan fingerprint density at radius 1 is 1.03 bits per heavy atom. The molecule has 0 aliphatic carbocycles. The Labute approximate surface area is 214 Å². The van der Waals surface area contributed by atoms with Crippen molar-refractivity contribution in [2.45, 2.75) is 13.8 Å². The molecule has 3 N–H and O–H groups in total. The average Bonchev–Trinajstić information content (AvgIpc) is 3.19. The number of nitrogens with one attached hydrogen (secondary N) is 1. The van der Waals surface area contributed by atoms with Gasteiger partial charge in [0.15, 0.2) is 12.4 Å². The summed E-state index contributed by atoms with van der Waals surface area (Å²) in [4.78, 5) is 50.3. The van der Waals surface area contributed by atoms with E-state index in [1.807, 2.05) is 0 Å². The maximum atomic E-state index is 13.2. The van der Waals surface area contributed by atoms with Crippen LogP contribution in [-0.4, -0.2) is 31.0 Å².